The number of quaternary nitrogens is 1. The van der Waals surface area contributed by atoms with Gasteiger partial charge < -0.3 is 14.7 Å². The summed E-state index contributed by atoms with van der Waals surface area (Å²) < 4.78 is 6.02. The van der Waals surface area contributed by atoms with E-state index in [0.717, 1.165) is 32.0 Å². The minimum Gasteiger partial charge on any atom is -0.385 e. The number of hydrogen-bond acceptors (Lipinski definition) is 2. The lowest BCUT2D eigenvalue weighted by molar-refractivity contribution is -0.909. The first kappa shape index (κ1) is 20.1. The van der Waals surface area contributed by atoms with Gasteiger partial charge in [0.05, 0.1) is 25.8 Å². The van der Waals surface area contributed by atoms with Gasteiger partial charge >= 0.3 is 0 Å². The van der Waals surface area contributed by atoms with Crippen LogP contribution in [0.2, 0.25) is 0 Å². The third-order valence-electron chi connectivity index (χ3n) is 5.74. The summed E-state index contributed by atoms with van der Waals surface area (Å²) in [5.74, 6) is 0.784. The first-order valence-corrected chi connectivity index (χ1v) is 10.5. The van der Waals surface area contributed by atoms with Crippen molar-refractivity contribution in [3.63, 3.8) is 0 Å². The van der Waals surface area contributed by atoms with Crippen LogP contribution in [0.15, 0.2) is 60.7 Å². The Morgan fingerprint density at radius 1 is 1.00 bits per heavy atom. The highest BCUT2D eigenvalue weighted by Crippen LogP contribution is 2.20. The first-order chi connectivity index (χ1) is 13.2. The molecule has 27 heavy (non-hydrogen) atoms. The molecule has 1 aliphatic rings. The van der Waals surface area contributed by atoms with Crippen LogP contribution in [-0.2, 0) is 11.2 Å². The van der Waals surface area contributed by atoms with E-state index in [0.29, 0.717) is 6.61 Å². The van der Waals surface area contributed by atoms with Crippen molar-refractivity contribution in [2.45, 2.75) is 44.8 Å². The quantitative estimate of drug-likeness (QED) is 0.713. The number of aliphatic hydroxyl groups excluding tert-OH is 1. The molecule has 1 saturated heterocycles. The summed E-state index contributed by atoms with van der Waals surface area (Å²) in [6, 6.07) is 21.1. The molecule has 0 aromatic heterocycles. The SMILES string of the molecule is CC[C@H](OC[C@@H](O)C[NH+]1CCC(Cc2ccccc2)CC1)c1ccccc1. The predicted molar refractivity (Wildman–Crippen MR) is 110 cm³/mol. The molecule has 3 rings (SSSR count). The Morgan fingerprint density at radius 3 is 2.26 bits per heavy atom. The van der Waals surface area contributed by atoms with E-state index < -0.39 is 0 Å². The molecule has 1 aliphatic heterocycles. The van der Waals surface area contributed by atoms with Gasteiger partial charge in [0.2, 0.25) is 0 Å². The minimum absolute atomic E-state index is 0.0764. The third-order valence-corrected chi connectivity index (χ3v) is 5.74. The Bertz CT molecular complexity index is 638. The molecule has 3 heteroatoms. The van der Waals surface area contributed by atoms with Crippen molar-refractivity contribution in [3.8, 4) is 0 Å². The number of piperidine rings is 1. The third kappa shape index (κ3) is 6.46. The second kappa shape index (κ2) is 10.6. The van der Waals surface area contributed by atoms with Gasteiger partial charge in [0.25, 0.3) is 0 Å². The number of benzene rings is 2. The van der Waals surface area contributed by atoms with Gasteiger partial charge in [0, 0.05) is 0 Å². The number of hydrogen-bond donors (Lipinski definition) is 2. The summed E-state index contributed by atoms with van der Waals surface area (Å²) in [6.07, 6.45) is 4.30. The maximum atomic E-state index is 10.4. The highest BCUT2D eigenvalue weighted by atomic mass is 16.5. The Kier molecular flexibility index (Phi) is 7.88. The fourth-order valence-corrected chi connectivity index (χ4v) is 4.18. The van der Waals surface area contributed by atoms with E-state index in [1.54, 1.807) is 0 Å². The molecule has 0 amide bonds. The molecule has 2 aromatic carbocycles. The van der Waals surface area contributed by atoms with E-state index >= 15 is 0 Å². The van der Waals surface area contributed by atoms with Crippen LogP contribution in [-0.4, -0.2) is 37.5 Å². The van der Waals surface area contributed by atoms with Crippen LogP contribution in [0.5, 0.6) is 0 Å². The summed E-state index contributed by atoms with van der Waals surface area (Å²) in [7, 11) is 0. The molecule has 2 aromatic rings. The van der Waals surface area contributed by atoms with Gasteiger partial charge in [-0.05, 0) is 42.7 Å². The molecule has 1 heterocycles. The van der Waals surface area contributed by atoms with Crippen molar-refractivity contribution in [2.24, 2.45) is 5.92 Å². The van der Waals surface area contributed by atoms with Crippen molar-refractivity contribution in [3.05, 3.63) is 71.8 Å². The number of aliphatic hydroxyl groups is 1. The number of likely N-dealkylation sites (tertiary alicyclic amines) is 1. The van der Waals surface area contributed by atoms with E-state index in [1.807, 2.05) is 18.2 Å². The molecule has 2 N–H and O–H groups in total. The van der Waals surface area contributed by atoms with Crippen LogP contribution in [0.4, 0.5) is 0 Å². The second-order valence-corrected chi connectivity index (χ2v) is 7.88. The summed E-state index contributed by atoms with van der Waals surface area (Å²) >= 11 is 0. The standard InChI is InChI=1S/C24H33NO2/c1-2-24(22-11-7-4-8-12-22)27-19-23(26)18-25-15-13-21(14-16-25)17-20-9-5-3-6-10-20/h3-12,21,23-24,26H,2,13-19H2,1H3/p+1/t23-,24-/m0/s1. The number of ether oxygens (including phenoxy) is 1. The maximum absolute atomic E-state index is 10.4. The Morgan fingerprint density at radius 2 is 1.63 bits per heavy atom. The molecule has 2 atom stereocenters. The molecule has 1 fully saturated rings. The Labute approximate surface area is 164 Å². The highest BCUT2D eigenvalue weighted by Gasteiger charge is 2.24. The van der Waals surface area contributed by atoms with Crippen LogP contribution in [0.3, 0.4) is 0 Å². The summed E-state index contributed by atoms with van der Waals surface area (Å²) in [5, 5.41) is 10.4. The maximum Gasteiger partial charge on any atom is 0.126 e. The largest absolute Gasteiger partial charge is 0.385 e. The molecule has 0 radical (unpaired) electrons. The molecule has 0 saturated carbocycles. The van der Waals surface area contributed by atoms with E-state index in [4.69, 9.17) is 4.74 Å². The monoisotopic (exact) mass is 368 g/mol. The molecular formula is C24H34NO2+. The van der Waals surface area contributed by atoms with Crippen LogP contribution >= 0.6 is 0 Å². The van der Waals surface area contributed by atoms with Crippen molar-refractivity contribution in [2.75, 3.05) is 26.2 Å². The summed E-state index contributed by atoms with van der Waals surface area (Å²) in [5.41, 5.74) is 2.65. The number of rotatable bonds is 9. The lowest BCUT2D eigenvalue weighted by Gasteiger charge is -2.31. The second-order valence-electron chi connectivity index (χ2n) is 7.88. The fourth-order valence-electron chi connectivity index (χ4n) is 4.18. The molecule has 0 bridgehead atoms. The lowest BCUT2D eigenvalue weighted by Crippen LogP contribution is -3.14. The number of nitrogens with one attached hydrogen (secondary N) is 1. The fraction of sp³-hybridized carbons (Fsp3) is 0.500. The van der Waals surface area contributed by atoms with Gasteiger partial charge in [-0.25, -0.2) is 0 Å². The molecule has 0 aliphatic carbocycles. The Balaban J connectivity index is 1.37. The van der Waals surface area contributed by atoms with Crippen LogP contribution in [0.25, 0.3) is 0 Å². The molecule has 0 unspecified atom stereocenters. The lowest BCUT2D eigenvalue weighted by atomic mass is 9.90. The van der Waals surface area contributed by atoms with Gasteiger partial charge in [-0.3, -0.25) is 0 Å². The van der Waals surface area contributed by atoms with Gasteiger partial charge in [-0.15, -0.1) is 0 Å². The van der Waals surface area contributed by atoms with Gasteiger partial charge in [0.1, 0.15) is 12.6 Å². The van der Waals surface area contributed by atoms with Crippen LogP contribution < -0.4 is 4.90 Å². The van der Waals surface area contributed by atoms with Gasteiger partial charge in [0.15, 0.2) is 0 Å². The van der Waals surface area contributed by atoms with Crippen molar-refractivity contribution >= 4 is 0 Å². The smallest absolute Gasteiger partial charge is 0.126 e. The van der Waals surface area contributed by atoms with E-state index in [1.165, 1.54) is 35.3 Å². The topological polar surface area (TPSA) is 33.9 Å². The molecular weight excluding hydrogens is 334 g/mol. The average Bonchev–Trinajstić information content (AvgIpc) is 2.71. The highest BCUT2D eigenvalue weighted by molar-refractivity contribution is 5.17. The summed E-state index contributed by atoms with van der Waals surface area (Å²) in [4.78, 5) is 1.52. The van der Waals surface area contributed by atoms with Crippen LogP contribution in [0, 0.1) is 5.92 Å². The Hall–Kier alpha value is -1.68. The first-order valence-electron chi connectivity index (χ1n) is 10.5. The molecule has 146 valence electrons. The molecule has 3 nitrogen and oxygen atoms in total. The normalized spacial score (nSPS) is 22.3. The molecule has 0 spiro atoms. The van der Waals surface area contributed by atoms with Gasteiger partial charge in [-0.1, -0.05) is 67.6 Å². The zero-order chi connectivity index (χ0) is 18.9. The van der Waals surface area contributed by atoms with E-state index in [9.17, 15) is 5.11 Å². The predicted octanol–water partition coefficient (Wildman–Crippen LogP) is 3.05. The van der Waals surface area contributed by atoms with E-state index in [-0.39, 0.29) is 12.2 Å². The van der Waals surface area contributed by atoms with Crippen LogP contribution in [0.1, 0.15) is 43.4 Å². The zero-order valence-corrected chi connectivity index (χ0v) is 16.5. The average molecular weight is 369 g/mol. The van der Waals surface area contributed by atoms with Gasteiger partial charge in [-0.2, -0.15) is 0 Å². The zero-order valence-electron chi connectivity index (χ0n) is 16.5. The minimum atomic E-state index is -0.386. The van der Waals surface area contributed by atoms with Crippen molar-refractivity contribution in [1.29, 1.82) is 0 Å². The van der Waals surface area contributed by atoms with E-state index in [2.05, 4.69) is 49.4 Å². The summed E-state index contributed by atoms with van der Waals surface area (Å²) in [6.45, 7) is 5.66. The van der Waals surface area contributed by atoms with Crippen molar-refractivity contribution in [1.82, 2.24) is 0 Å². The van der Waals surface area contributed by atoms with Crippen molar-refractivity contribution < 1.29 is 14.7 Å².